The van der Waals surface area contributed by atoms with Gasteiger partial charge in [0.25, 0.3) is 0 Å². The number of carbonyl (C=O) groups excluding carboxylic acids is 2. The molecule has 1 aliphatic heterocycles. The highest BCUT2D eigenvalue weighted by atomic mass is 16.5. The Balaban J connectivity index is 2.33. The molecular weight excluding hydrogens is 380 g/mol. The molecule has 2 N–H and O–H groups in total. The number of carboxylic acid groups (broad SMARTS) is 1. The third-order valence-electron chi connectivity index (χ3n) is 4.73. The Morgan fingerprint density at radius 3 is 2.69 bits per heavy atom. The molecule has 2 unspecified atom stereocenters. The number of amides is 2. The molecule has 2 amide bonds. The third kappa shape index (κ3) is 6.08. The molecule has 0 saturated carbocycles. The molecule has 29 heavy (non-hydrogen) atoms. The summed E-state index contributed by atoms with van der Waals surface area (Å²) in [5.41, 5.74) is 0.942. The van der Waals surface area contributed by atoms with Gasteiger partial charge < -0.3 is 29.5 Å². The molecule has 9 heteroatoms. The number of nitrogens with one attached hydrogen (secondary N) is 1. The van der Waals surface area contributed by atoms with Gasteiger partial charge in [-0.15, -0.1) is 0 Å². The van der Waals surface area contributed by atoms with Gasteiger partial charge in [0.1, 0.15) is 12.4 Å². The number of likely N-dealkylation sites (tertiary alicyclic amines) is 1. The van der Waals surface area contributed by atoms with Crippen molar-refractivity contribution in [2.45, 2.75) is 38.8 Å². The Kier molecular flexibility index (Phi) is 8.26. The lowest BCUT2D eigenvalue weighted by Gasteiger charge is -2.38. The minimum absolute atomic E-state index is 0.0619. The summed E-state index contributed by atoms with van der Waals surface area (Å²) in [7, 11) is 1.29. The summed E-state index contributed by atoms with van der Waals surface area (Å²) in [5, 5.41) is 12.3. The maximum Gasteiger partial charge on any atom is 0.407 e. The zero-order chi connectivity index (χ0) is 21.4. The van der Waals surface area contributed by atoms with Gasteiger partial charge >= 0.3 is 12.1 Å². The summed E-state index contributed by atoms with van der Waals surface area (Å²) < 4.78 is 16.3. The van der Waals surface area contributed by atoms with Crippen molar-refractivity contribution in [3.63, 3.8) is 0 Å². The first-order valence-corrected chi connectivity index (χ1v) is 9.58. The van der Waals surface area contributed by atoms with E-state index in [1.165, 1.54) is 18.9 Å². The van der Waals surface area contributed by atoms with Crippen molar-refractivity contribution >= 4 is 18.0 Å². The Bertz CT molecular complexity index is 738. The number of nitrogens with zero attached hydrogens (tertiary/aromatic N) is 1. The highest BCUT2D eigenvalue weighted by Crippen LogP contribution is 2.38. The van der Waals surface area contributed by atoms with Crippen LogP contribution >= 0.6 is 0 Å². The molecule has 0 radical (unpaired) electrons. The molecule has 1 aromatic rings. The van der Waals surface area contributed by atoms with E-state index in [2.05, 4.69) is 5.32 Å². The second-order valence-corrected chi connectivity index (χ2v) is 6.67. The van der Waals surface area contributed by atoms with Gasteiger partial charge in [0.05, 0.1) is 31.4 Å². The Morgan fingerprint density at radius 2 is 2.07 bits per heavy atom. The van der Waals surface area contributed by atoms with Gasteiger partial charge in [0, 0.05) is 25.6 Å². The number of hydrogen-bond acceptors (Lipinski definition) is 6. The van der Waals surface area contributed by atoms with Gasteiger partial charge in [-0.25, -0.2) is 9.59 Å². The minimum Gasteiger partial charge on any atom is -0.491 e. The summed E-state index contributed by atoms with van der Waals surface area (Å²) in [5.74, 6) is -0.318. The van der Waals surface area contributed by atoms with Gasteiger partial charge in [-0.2, -0.15) is 0 Å². The standard InChI is InChI=1S/C20H28N2O7/c1-4-28-15-7-9-22(20(25)26)17(12-15)16-6-5-14(19(24)27-3)11-18(16)29-10-8-21-13(2)23/h5-6,11,15,17H,4,7-10,12H2,1-3H3,(H,21,23)(H,25,26). The second kappa shape index (κ2) is 10.7. The molecule has 0 aliphatic carbocycles. The topological polar surface area (TPSA) is 114 Å². The summed E-state index contributed by atoms with van der Waals surface area (Å²) in [6.45, 7) is 4.66. The molecular formula is C20H28N2O7. The SMILES string of the molecule is CCOC1CCN(C(=O)O)C(c2ccc(C(=O)OC)cc2OCCNC(C)=O)C1. The summed E-state index contributed by atoms with van der Waals surface area (Å²) in [6.07, 6.45) is 0.0225. The molecule has 1 saturated heterocycles. The van der Waals surface area contributed by atoms with E-state index in [9.17, 15) is 19.5 Å². The molecule has 2 rings (SSSR count). The fraction of sp³-hybridized carbons (Fsp3) is 0.550. The lowest BCUT2D eigenvalue weighted by molar-refractivity contribution is -0.119. The van der Waals surface area contributed by atoms with E-state index in [1.807, 2.05) is 6.92 Å². The third-order valence-corrected chi connectivity index (χ3v) is 4.73. The van der Waals surface area contributed by atoms with Gasteiger partial charge in [-0.05, 0) is 31.9 Å². The van der Waals surface area contributed by atoms with Crippen molar-refractivity contribution in [1.82, 2.24) is 10.2 Å². The number of esters is 1. The van der Waals surface area contributed by atoms with Crippen LogP contribution in [0.2, 0.25) is 0 Å². The van der Waals surface area contributed by atoms with E-state index < -0.39 is 18.1 Å². The molecule has 1 heterocycles. The molecule has 0 spiro atoms. The van der Waals surface area contributed by atoms with Crippen molar-refractivity contribution in [2.75, 3.05) is 33.4 Å². The lowest BCUT2D eigenvalue weighted by atomic mass is 9.92. The van der Waals surface area contributed by atoms with Gasteiger partial charge in [0.15, 0.2) is 0 Å². The average Bonchev–Trinajstić information content (AvgIpc) is 2.70. The molecule has 160 valence electrons. The highest BCUT2D eigenvalue weighted by Gasteiger charge is 2.35. The molecule has 0 aromatic heterocycles. The molecule has 9 nitrogen and oxygen atoms in total. The predicted molar refractivity (Wildman–Crippen MR) is 104 cm³/mol. The van der Waals surface area contributed by atoms with Crippen molar-refractivity contribution in [3.8, 4) is 5.75 Å². The summed E-state index contributed by atoms with van der Waals surface area (Å²) in [6, 6.07) is 4.35. The largest absolute Gasteiger partial charge is 0.491 e. The lowest BCUT2D eigenvalue weighted by Crippen LogP contribution is -2.42. The first-order chi connectivity index (χ1) is 13.9. The maximum atomic E-state index is 11.9. The van der Waals surface area contributed by atoms with Crippen LogP contribution in [-0.2, 0) is 14.3 Å². The fourth-order valence-corrected chi connectivity index (χ4v) is 3.41. The first-order valence-electron chi connectivity index (χ1n) is 9.58. The van der Waals surface area contributed by atoms with E-state index in [-0.39, 0.29) is 25.2 Å². The zero-order valence-corrected chi connectivity index (χ0v) is 17.0. The van der Waals surface area contributed by atoms with E-state index in [4.69, 9.17) is 14.2 Å². The number of hydrogen-bond donors (Lipinski definition) is 2. The predicted octanol–water partition coefficient (Wildman–Crippen LogP) is 2.21. The number of methoxy groups -OCH3 is 1. The smallest absolute Gasteiger partial charge is 0.407 e. The summed E-state index contributed by atoms with van der Waals surface area (Å²) >= 11 is 0. The van der Waals surface area contributed by atoms with E-state index >= 15 is 0 Å². The zero-order valence-electron chi connectivity index (χ0n) is 17.0. The monoisotopic (exact) mass is 408 g/mol. The van der Waals surface area contributed by atoms with Gasteiger partial charge in [-0.1, -0.05) is 6.07 Å². The van der Waals surface area contributed by atoms with Gasteiger partial charge in [-0.3, -0.25) is 4.79 Å². The maximum absolute atomic E-state index is 11.9. The molecule has 2 atom stereocenters. The van der Waals surface area contributed by atoms with Crippen molar-refractivity contribution in [2.24, 2.45) is 0 Å². The normalized spacial score (nSPS) is 18.8. The number of rotatable bonds is 8. The number of piperidine rings is 1. The Morgan fingerprint density at radius 1 is 1.31 bits per heavy atom. The molecule has 1 fully saturated rings. The molecule has 1 aromatic carbocycles. The fourth-order valence-electron chi connectivity index (χ4n) is 3.41. The van der Waals surface area contributed by atoms with E-state index in [1.54, 1.807) is 18.2 Å². The minimum atomic E-state index is -1.02. The second-order valence-electron chi connectivity index (χ2n) is 6.67. The van der Waals surface area contributed by atoms with Gasteiger partial charge in [0.2, 0.25) is 5.91 Å². The summed E-state index contributed by atoms with van der Waals surface area (Å²) in [4.78, 5) is 36.1. The van der Waals surface area contributed by atoms with E-state index in [0.29, 0.717) is 42.9 Å². The highest BCUT2D eigenvalue weighted by molar-refractivity contribution is 5.90. The van der Waals surface area contributed by atoms with Crippen LogP contribution < -0.4 is 10.1 Å². The van der Waals surface area contributed by atoms with Crippen LogP contribution in [0.4, 0.5) is 4.79 Å². The molecule has 1 aliphatic rings. The van der Waals surface area contributed by atoms with Crippen LogP contribution in [0.25, 0.3) is 0 Å². The van der Waals surface area contributed by atoms with Crippen LogP contribution in [0.3, 0.4) is 0 Å². The quantitative estimate of drug-likeness (QED) is 0.501. The van der Waals surface area contributed by atoms with Crippen LogP contribution in [0.5, 0.6) is 5.75 Å². The first kappa shape index (κ1) is 22.5. The molecule has 0 bridgehead atoms. The van der Waals surface area contributed by atoms with Crippen LogP contribution in [0.15, 0.2) is 18.2 Å². The van der Waals surface area contributed by atoms with Crippen molar-refractivity contribution < 1.29 is 33.7 Å². The van der Waals surface area contributed by atoms with Crippen molar-refractivity contribution in [1.29, 1.82) is 0 Å². The Labute approximate surface area is 169 Å². The van der Waals surface area contributed by atoms with E-state index in [0.717, 1.165) is 0 Å². The Hall–Kier alpha value is -2.81. The number of ether oxygens (including phenoxy) is 3. The average molecular weight is 408 g/mol. The van der Waals surface area contributed by atoms with Crippen LogP contribution in [0, 0.1) is 0 Å². The number of carbonyl (C=O) groups is 3. The number of benzene rings is 1. The van der Waals surface area contributed by atoms with Crippen LogP contribution in [0.1, 0.15) is 48.7 Å². The van der Waals surface area contributed by atoms with Crippen molar-refractivity contribution in [3.05, 3.63) is 29.3 Å². The van der Waals surface area contributed by atoms with Crippen LogP contribution in [-0.4, -0.2) is 67.5 Å².